The van der Waals surface area contributed by atoms with E-state index in [9.17, 15) is 9.59 Å². The van der Waals surface area contributed by atoms with Gasteiger partial charge in [-0.3, -0.25) is 9.59 Å². The summed E-state index contributed by atoms with van der Waals surface area (Å²) in [5, 5.41) is 3.06. The zero-order valence-electron chi connectivity index (χ0n) is 9.04. The maximum absolute atomic E-state index is 11.3. The Morgan fingerprint density at radius 2 is 2.07 bits per heavy atom. The van der Waals surface area contributed by atoms with Gasteiger partial charge in [-0.15, -0.1) is 0 Å². The number of nitrogens with one attached hydrogen (secondary N) is 1. The minimum absolute atomic E-state index is 0.00159. The normalized spacial score (nSPS) is 35.3. The van der Waals surface area contributed by atoms with Gasteiger partial charge in [0, 0.05) is 12.0 Å². The lowest BCUT2D eigenvalue weighted by Gasteiger charge is -2.36. The third-order valence-corrected chi connectivity index (χ3v) is 3.71. The second-order valence-electron chi connectivity index (χ2n) is 4.63. The van der Waals surface area contributed by atoms with Crippen molar-refractivity contribution in [2.24, 2.45) is 5.92 Å². The van der Waals surface area contributed by atoms with E-state index >= 15 is 0 Å². The molecule has 0 atom stereocenters. The van der Waals surface area contributed by atoms with Gasteiger partial charge in [0.15, 0.2) is 0 Å². The van der Waals surface area contributed by atoms with Crippen LogP contribution in [0.3, 0.4) is 0 Å². The molecule has 2 rings (SSSR count). The van der Waals surface area contributed by atoms with Gasteiger partial charge in [-0.25, -0.2) is 0 Å². The van der Waals surface area contributed by atoms with Crippen LogP contribution in [0, 0.1) is 5.92 Å². The minimum atomic E-state index is -0.103. The first-order valence-electron chi connectivity index (χ1n) is 5.54. The van der Waals surface area contributed by atoms with Gasteiger partial charge in [0.2, 0.25) is 5.91 Å². The van der Waals surface area contributed by atoms with E-state index in [1.807, 2.05) is 0 Å². The topological polar surface area (TPSA) is 55.4 Å². The molecule has 1 aliphatic carbocycles. The molecule has 2 fully saturated rings. The molecule has 15 heavy (non-hydrogen) atoms. The van der Waals surface area contributed by atoms with Crippen LogP contribution in [0.25, 0.3) is 0 Å². The van der Waals surface area contributed by atoms with Crippen LogP contribution < -0.4 is 5.32 Å². The van der Waals surface area contributed by atoms with Crippen LogP contribution in [0.2, 0.25) is 0 Å². The largest absolute Gasteiger partial charge is 0.469 e. The van der Waals surface area contributed by atoms with Crippen molar-refractivity contribution in [2.75, 3.05) is 7.11 Å². The average molecular weight is 211 g/mol. The van der Waals surface area contributed by atoms with E-state index in [-0.39, 0.29) is 23.3 Å². The van der Waals surface area contributed by atoms with Gasteiger partial charge in [0.25, 0.3) is 0 Å². The Hall–Kier alpha value is -1.06. The molecule has 0 unspecified atom stereocenters. The van der Waals surface area contributed by atoms with Gasteiger partial charge in [-0.1, -0.05) is 0 Å². The molecule has 0 aromatic rings. The summed E-state index contributed by atoms with van der Waals surface area (Å²) in [6.45, 7) is 0. The Bertz CT molecular complexity index is 280. The Labute approximate surface area is 89.4 Å². The van der Waals surface area contributed by atoms with Gasteiger partial charge in [-0.2, -0.15) is 0 Å². The summed E-state index contributed by atoms with van der Waals surface area (Å²) < 4.78 is 4.74. The van der Waals surface area contributed by atoms with Crippen LogP contribution >= 0.6 is 0 Å². The van der Waals surface area contributed by atoms with E-state index < -0.39 is 0 Å². The molecule has 0 bridgehead atoms. The van der Waals surface area contributed by atoms with Crippen molar-refractivity contribution in [2.45, 2.75) is 44.1 Å². The Kier molecular flexibility index (Phi) is 2.67. The number of carbonyl (C=O) groups excluding carboxylic acids is 2. The van der Waals surface area contributed by atoms with Gasteiger partial charge in [-0.05, 0) is 32.1 Å². The zero-order chi connectivity index (χ0) is 10.9. The fraction of sp³-hybridized carbons (Fsp3) is 0.818. The third-order valence-electron chi connectivity index (χ3n) is 3.71. The minimum Gasteiger partial charge on any atom is -0.469 e. The molecule has 0 aromatic carbocycles. The molecule has 1 heterocycles. The van der Waals surface area contributed by atoms with Gasteiger partial charge >= 0.3 is 5.97 Å². The maximum Gasteiger partial charge on any atom is 0.308 e. The number of ether oxygens (including phenoxy) is 1. The molecular formula is C11H17NO3. The predicted molar refractivity (Wildman–Crippen MR) is 54.1 cm³/mol. The molecule has 1 aliphatic heterocycles. The Balaban J connectivity index is 1.92. The summed E-state index contributed by atoms with van der Waals surface area (Å²) in [5.41, 5.74) is 0.00159. The highest BCUT2D eigenvalue weighted by Crippen LogP contribution is 2.38. The second-order valence-corrected chi connectivity index (χ2v) is 4.63. The van der Waals surface area contributed by atoms with Crippen molar-refractivity contribution in [1.82, 2.24) is 5.32 Å². The number of carbonyl (C=O) groups is 2. The van der Waals surface area contributed by atoms with Crippen molar-refractivity contribution in [3.05, 3.63) is 0 Å². The third kappa shape index (κ3) is 1.98. The molecule has 1 saturated heterocycles. The van der Waals surface area contributed by atoms with E-state index in [0.717, 1.165) is 32.1 Å². The fourth-order valence-corrected chi connectivity index (χ4v) is 2.72. The number of methoxy groups -OCH3 is 1. The number of hydrogen-bond donors (Lipinski definition) is 1. The van der Waals surface area contributed by atoms with Crippen molar-refractivity contribution in [3.63, 3.8) is 0 Å². The van der Waals surface area contributed by atoms with Gasteiger partial charge in [0.05, 0.1) is 13.0 Å². The Morgan fingerprint density at radius 1 is 1.40 bits per heavy atom. The van der Waals surface area contributed by atoms with Crippen LogP contribution in [0.4, 0.5) is 0 Å². The Morgan fingerprint density at radius 3 is 2.53 bits per heavy atom. The van der Waals surface area contributed by atoms with Crippen molar-refractivity contribution < 1.29 is 14.3 Å². The van der Waals surface area contributed by atoms with E-state index in [0.29, 0.717) is 6.42 Å². The molecule has 4 nitrogen and oxygen atoms in total. The molecule has 2 aliphatic rings. The number of hydrogen-bond acceptors (Lipinski definition) is 3. The lowest BCUT2D eigenvalue weighted by molar-refractivity contribution is -0.147. The molecule has 0 aromatic heterocycles. The maximum atomic E-state index is 11.3. The summed E-state index contributed by atoms with van der Waals surface area (Å²) in [6.07, 6.45) is 5.08. The van der Waals surface area contributed by atoms with Crippen LogP contribution in [-0.4, -0.2) is 24.5 Å². The van der Waals surface area contributed by atoms with E-state index in [4.69, 9.17) is 4.74 Å². The van der Waals surface area contributed by atoms with Crippen molar-refractivity contribution >= 4 is 11.9 Å². The summed E-state index contributed by atoms with van der Waals surface area (Å²) >= 11 is 0. The summed E-state index contributed by atoms with van der Waals surface area (Å²) in [7, 11) is 1.43. The van der Waals surface area contributed by atoms with Crippen molar-refractivity contribution in [3.8, 4) is 0 Å². The molecular weight excluding hydrogens is 194 g/mol. The van der Waals surface area contributed by atoms with Gasteiger partial charge in [0.1, 0.15) is 0 Å². The lowest BCUT2D eigenvalue weighted by atomic mass is 9.76. The number of esters is 1. The molecule has 1 amide bonds. The second kappa shape index (κ2) is 3.83. The summed E-state index contributed by atoms with van der Waals surface area (Å²) in [4.78, 5) is 22.5. The number of amides is 1. The van der Waals surface area contributed by atoms with E-state index in [1.165, 1.54) is 7.11 Å². The highest BCUT2D eigenvalue weighted by Gasteiger charge is 2.42. The van der Waals surface area contributed by atoms with E-state index in [2.05, 4.69) is 5.32 Å². The molecule has 4 heteroatoms. The standard InChI is InChI=1S/C11H17NO3/c1-15-10(14)8-2-5-11(6-3-8)7-4-9(13)12-11/h8H,2-7H2,1H3,(H,12,13)/t8-,11+. The van der Waals surface area contributed by atoms with Crippen LogP contribution in [0.1, 0.15) is 38.5 Å². The molecule has 1 N–H and O–H groups in total. The molecule has 0 radical (unpaired) electrons. The highest BCUT2D eigenvalue weighted by molar-refractivity contribution is 5.79. The summed E-state index contributed by atoms with van der Waals surface area (Å²) in [6, 6.07) is 0. The SMILES string of the molecule is COC(=O)[C@H]1CC[C@]2(CCC(=O)N2)CC1. The fourth-order valence-electron chi connectivity index (χ4n) is 2.72. The lowest BCUT2D eigenvalue weighted by Crippen LogP contribution is -2.45. The first-order chi connectivity index (χ1) is 7.15. The smallest absolute Gasteiger partial charge is 0.308 e. The monoisotopic (exact) mass is 211 g/mol. The summed E-state index contributed by atoms with van der Waals surface area (Å²) in [5.74, 6) is 0.0961. The molecule has 84 valence electrons. The quantitative estimate of drug-likeness (QED) is 0.658. The van der Waals surface area contributed by atoms with Crippen LogP contribution in [-0.2, 0) is 14.3 Å². The number of rotatable bonds is 1. The first-order valence-corrected chi connectivity index (χ1v) is 5.54. The van der Waals surface area contributed by atoms with Crippen LogP contribution in [0.15, 0.2) is 0 Å². The average Bonchev–Trinajstić information content (AvgIpc) is 2.60. The van der Waals surface area contributed by atoms with Gasteiger partial charge < -0.3 is 10.1 Å². The zero-order valence-corrected chi connectivity index (χ0v) is 9.04. The highest BCUT2D eigenvalue weighted by atomic mass is 16.5. The van der Waals surface area contributed by atoms with E-state index in [1.54, 1.807) is 0 Å². The van der Waals surface area contributed by atoms with Crippen LogP contribution in [0.5, 0.6) is 0 Å². The molecule has 1 spiro atoms. The molecule has 1 saturated carbocycles. The predicted octanol–water partition coefficient (Wildman–Crippen LogP) is 0.998. The first kappa shape index (κ1) is 10.5. The van der Waals surface area contributed by atoms with Crippen molar-refractivity contribution in [1.29, 1.82) is 0 Å².